The molecule has 1 heteroatoms. The van der Waals surface area contributed by atoms with Crippen molar-refractivity contribution in [3.8, 4) is 11.1 Å². The third-order valence-electron chi connectivity index (χ3n) is 2.19. The van der Waals surface area contributed by atoms with Crippen LogP contribution in [0.2, 0.25) is 0 Å². The van der Waals surface area contributed by atoms with Crippen molar-refractivity contribution in [1.29, 1.82) is 0 Å². The molecular weight excluding hydrogens is 176 g/mol. The van der Waals surface area contributed by atoms with E-state index in [0.29, 0.717) is 10.9 Å². The monoisotopic (exact) mass is 189 g/mol. The Labute approximate surface area is 82.3 Å². The van der Waals surface area contributed by atoms with Crippen LogP contribution in [-0.4, -0.2) is 12.5 Å². The minimum Gasteiger partial charge on any atom is -0.0622 e. The molecular formula is C12H13S+. The molecule has 0 saturated carbocycles. The lowest BCUT2D eigenvalue weighted by atomic mass is 10.2. The van der Waals surface area contributed by atoms with Crippen LogP contribution in [0.4, 0.5) is 0 Å². The van der Waals surface area contributed by atoms with E-state index in [9.17, 15) is 0 Å². The van der Waals surface area contributed by atoms with Gasteiger partial charge in [-0.1, -0.05) is 24.3 Å². The molecule has 0 fully saturated rings. The van der Waals surface area contributed by atoms with Gasteiger partial charge in [0, 0.05) is 16.5 Å². The highest BCUT2D eigenvalue weighted by Gasteiger charge is 2.17. The topological polar surface area (TPSA) is 0 Å². The maximum Gasteiger partial charge on any atom is 0.162 e. The second kappa shape index (κ2) is 3.43. The van der Waals surface area contributed by atoms with Gasteiger partial charge in [0.25, 0.3) is 0 Å². The predicted molar refractivity (Wildman–Crippen MR) is 60.5 cm³/mol. The normalized spacial score (nSPS) is 11.0. The Hall–Kier alpha value is -0.950. The third-order valence-corrected chi connectivity index (χ3v) is 3.43. The van der Waals surface area contributed by atoms with Gasteiger partial charge in [0.1, 0.15) is 12.5 Å². The number of rotatable bonds is 1. The maximum absolute atomic E-state index is 2.27. The van der Waals surface area contributed by atoms with Crippen molar-refractivity contribution in [3.63, 3.8) is 0 Å². The van der Waals surface area contributed by atoms with Gasteiger partial charge in [-0.25, -0.2) is 0 Å². The summed E-state index contributed by atoms with van der Waals surface area (Å²) in [5.74, 6) is 0. The van der Waals surface area contributed by atoms with E-state index in [1.165, 1.54) is 16.0 Å². The summed E-state index contributed by atoms with van der Waals surface area (Å²) in [7, 11) is 0.356. The van der Waals surface area contributed by atoms with Gasteiger partial charge < -0.3 is 0 Å². The summed E-state index contributed by atoms with van der Waals surface area (Å²) in [6, 6.07) is 15.1. The highest BCUT2D eigenvalue weighted by molar-refractivity contribution is 7.95. The van der Waals surface area contributed by atoms with E-state index in [2.05, 4.69) is 55.0 Å². The van der Waals surface area contributed by atoms with Gasteiger partial charge in [-0.2, -0.15) is 0 Å². The van der Waals surface area contributed by atoms with Crippen molar-refractivity contribution in [1.82, 2.24) is 0 Å². The van der Waals surface area contributed by atoms with E-state index in [-0.39, 0.29) is 0 Å². The van der Waals surface area contributed by atoms with Gasteiger partial charge in [0.15, 0.2) is 4.90 Å². The van der Waals surface area contributed by atoms with Gasteiger partial charge in [0.2, 0.25) is 0 Å². The van der Waals surface area contributed by atoms with Crippen LogP contribution in [0, 0.1) is 0 Å². The zero-order chi connectivity index (χ0) is 9.26. The molecule has 0 aromatic rings. The Morgan fingerprint density at radius 1 is 0.846 bits per heavy atom. The molecule has 13 heavy (non-hydrogen) atoms. The van der Waals surface area contributed by atoms with Gasteiger partial charge in [-0.05, 0) is 23.8 Å². The van der Waals surface area contributed by atoms with Crippen molar-refractivity contribution in [2.45, 2.75) is 4.90 Å². The highest BCUT2D eigenvalue weighted by atomic mass is 32.2. The van der Waals surface area contributed by atoms with Crippen molar-refractivity contribution < 1.29 is 0 Å². The number of hydrogen-bond donors (Lipinski definition) is 0. The van der Waals surface area contributed by atoms with Crippen LogP contribution >= 0.6 is 0 Å². The summed E-state index contributed by atoms with van der Waals surface area (Å²) in [6.45, 7) is 0. The van der Waals surface area contributed by atoms with E-state index in [0.717, 1.165) is 0 Å². The zero-order valence-electron chi connectivity index (χ0n) is 7.95. The molecule has 2 rings (SSSR count). The van der Waals surface area contributed by atoms with Crippen LogP contribution in [0.1, 0.15) is 0 Å². The molecule has 0 aromatic carbocycles. The predicted octanol–water partition coefficient (Wildman–Crippen LogP) is 3.03. The summed E-state index contributed by atoms with van der Waals surface area (Å²) in [5.41, 5.74) is 2.75. The molecule has 66 valence electrons. The average Bonchev–Trinajstić information content (AvgIpc) is 2.36. The molecule has 0 nitrogen and oxygen atoms in total. The molecule has 0 atom stereocenters. The molecule has 0 aromatic heterocycles. The minimum absolute atomic E-state index is 0.356. The highest BCUT2D eigenvalue weighted by Crippen LogP contribution is 2.30. The summed E-state index contributed by atoms with van der Waals surface area (Å²) < 4.78 is 0. The van der Waals surface area contributed by atoms with Crippen molar-refractivity contribution in [2.24, 2.45) is 0 Å². The summed E-state index contributed by atoms with van der Waals surface area (Å²) >= 11 is 0. The second-order valence-electron chi connectivity index (χ2n) is 3.29. The largest absolute Gasteiger partial charge is 0.162 e. The lowest BCUT2D eigenvalue weighted by Gasteiger charge is -1.95. The smallest absolute Gasteiger partial charge is 0.0622 e. The van der Waals surface area contributed by atoms with Crippen molar-refractivity contribution >= 4 is 10.9 Å². The van der Waals surface area contributed by atoms with Gasteiger partial charge in [0.05, 0.1) is 0 Å². The van der Waals surface area contributed by atoms with Crippen molar-refractivity contribution in [3.05, 3.63) is 42.5 Å². The van der Waals surface area contributed by atoms with E-state index in [1.807, 2.05) is 0 Å². The van der Waals surface area contributed by atoms with Gasteiger partial charge >= 0.3 is 0 Å². The Kier molecular flexibility index (Phi) is 2.28. The lowest BCUT2D eigenvalue weighted by Crippen LogP contribution is -1.93. The zero-order valence-corrected chi connectivity index (χ0v) is 8.77. The minimum atomic E-state index is 0.356. The fourth-order valence-corrected chi connectivity index (χ4v) is 2.51. The molecule has 0 heterocycles. The van der Waals surface area contributed by atoms with E-state index in [4.69, 9.17) is 0 Å². The SMILES string of the molecule is C[S+](C)c1ccc2cccccc1-2. The second-order valence-corrected chi connectivity index (χ2v) is 5.37. The first-order valence-corrected chi connectivity index (χ1v) is 6.38. The molecule has 0 saturated heterocycles. The molecule has 0 spiro atoms. The van der Waals surface area contributed by atoms with Crippen molar-refractivity contribution in [2.75, 3.05) is 12.5 Å². The van der Waals surface area contributed by atoms with E-state index >= 15 is 0 Å². The van der Waals surface area contributed by atoms with Gasteiger partial charge in [-0.3, -0.25) is 0 Å². The molecule has 0 unspecified atom stereocenters. The number of fused-ring (bicyclic) bond motifs is 1. The standard InChI is InChI=1S/C12H13S/c1-13(2)12-9-8-10-6-4-3-5-7-11(10)12/h3-9H,1-2H3/q+1. The molecule has 0 amide bonds. The molecule has 0 aliphatic heterocycles. The fourth-order valence-electron chi connectivity index (χ4n) is 1.54. The van der Waals surface area contributed by atoms with E-state index < -0.39 is 0 Å². The van der Waals surface area contributed by atoms with Crippen LogP contribution < -0.4 is 0 Å². The van der Waals surface area contributed by atoms with Gasteiger partial charge in [-0.15, -0.1) is 0 Å². The molecule has 0 radical (unpaired) electrons. The van der Waals surface area contributed by atoms with Crippen LogP contribution in [0.5, 0.6) is 0 Å². The number of hydrogen-bond acceptors (Lipinski definition) is 0. The van der Waals surface area contributed by atoms with Crippen LogP contribution in [0.25, 0.3) is 11.1 Å². The Bertz CT molecular complexity index is 379. The average molecular weight is 189 g/mol. The summed E-state index contributed by atoms with van der Waals surface area (Å²) in [4.78, 5) is 1.48. The van der Waals surface area contributed by atoms with Crippen LogP contribution in [0.15, 0.2) is 47.4 Å². The first-order chi connectivity index (χ1) is 6.29. The first-order valence-electron chi connectivity index (χ1n) is 4.34. The molecule has 2 aliphatic rings. The fraction of sp³-hybridized carbons (Fsp3) is 0.167. The quantitative estimate of drug-likeness (QED) is 0.605. The lowest BCUT2D eigenvalue weighted by molar-refractivity contribution is 1.55. The third kappa shape index (κ3) is 1.56. The van der Waals surface area contributed by atoms with Crippen LogP contribution in [-0.2, 0) is 10.9 Å². The first kappa shape index (κ1) is 8.64. The van der Waals surface area contributed by atoms with Crippen LogP contribution in [0.3, 0.4) is 0 Å². The Morgan fingerprint density at radius 2 is 1.62 bits per heavy atom. The molecule has 0 N–H and O–H groups in total. The van der Waals surface area contributed by atoms with E-state index in [1.54, 1.807) is 0 Å². The summed E-state index contributed by atoms with van der Waals surface area (Å²) in [6.07, 6.45) is 4.53. The molecule has 0 bridgehead atoms. The Balaban J connectivity index is 2.62. The maximum atomic E-state index is 2.27. The summed E-state index contributed by atoms with van der Waals surface area (Å²) in [5, 5.41) is 0. The Morgan fingerprint density at radius 3 is 2.38 bits per heavy atom. The molecule has 2 aliphatic carbocycles.